The van der Waals surface area contributed by atoms with E-state index in [0.29, 0.717) is 5.92 Å². The minimum atomic E-state index is 0.609. The Morgan fingerprint density at radius 2 is 1.80 bits per heavy atom. The van der Waals surface area contributed by atoms with Crippen LogP contribution in [0.15, 0.2) is 15.3 Å². The van der Waals surface area contributed by atoms with Crippen LogP contribution >= 0.6 is 31.9 Å². The van der Waals surface area contributed by atoms with Gasteiger partial charge in [-0.2, -0.15) is 0 Å². The van der Waals surface area contributed by atoms with Crippen molar-refractivity contribution in [3.8, 4) is 0 Å². The van der Waals surface area contributed by atoms with Gasteiger partial charge in [0.2, 0.25) is 0 Å². The zero-order valence-corrected chi connectivity index (χ0v) is 11.5. The van der Waals surface area contributed by atoms with E-state index < -0.39 is 0 Å². The Morgan fingerprint density at radius 1 is 1.07 bits per heavy atom. The van der Waals surface area contributed by atoms with Crippen molar-refractivity contribution in [2.24, 2.45) is 11.8 Å². The fourth-order valence-electron chi connectivity index (χ4n) is 3.13. The third kappa shape index (κ3) is 1.86. The predicted octanol–water partition coefficient (Wildman–Crippen LogP) is 3.91. The maximum absolute atomic E-state index is 4.51. The van der Waals surface area contributed by atoms with E-state index in [0.717, 1.165) is 26.9 Å². The van der Waals surface area contributed by atoms with E-state index in [2.05, 4.69) is 41.8 Å². The number of nitrogens with zero attached hydrogens (tertiary/aromatic N) is 2. The first kappa shape index (κ1) is 10.2. The summed E-state index contributed by atoms with van der Waals surface area (Å²) in [6, 6.07) is 1.90. The molecule has 2 fully saturated rings. The molecule has 0 saturated heterocycles. The minimum Gasteiger partial charge on any atom is -0.226 e. The van der Waals surface area contributed by atoms with Gasteiger partial charge in [-0.3, -0.25) is 0 Å². The first-order valence-electron chi connectivity index (χ1n) is 5.42. The molecule has 3 rings (SSSR count). The van der Waals surface area contributed by atoms with E-state index in [1.54, 1.807) is 0 Å². The molecule has 3 unspecified atom stereocenters. The fraction of sp³-hybridized carbons (Fsp3) is 0.636. The van der Waals surface area contributed by atoms with E-state index in [1.165, 1.54) is 25.7 Å². The highest BCUT2D eigenvalue weighted by atomic mass is 79.9. The molecule has 80 valence electrons. The SMILES string of the molecule is Brc1cc(Br)nc(C2CC3CCC2C3)n1. The number of hydrogen-bond acceptors (Lipinski definition) is 2. The van der Waals surface area contributed by atoms with Crippen molar-refractivity contribution in [2.75, 3.05) is 0 Å². The van der Waals surface area contributed by atoms with Gasteiger partial charge in [0.1, 0.15) is 15.0 Å². The lowest BCUT2D eigenvalue weighted by Gasteiger charge is -2.20. The maximum Gasteiger partial charge on any atom is 0.134 e. The van der Waals surface area contributed by atoms with Gasteiger partial charge in [-0.05, 0) is 63.0 Å². The van der Waals surface area contributed by atoms with Crippen LogP contribution in [0.2, 0.25) is 0 Å². The van der Waals surface area contributed by atoms with Gasteiger partial charge in [0.05, 0.1) is 0 Å². The van der Waals surface area contributed by atoms with Crippen molar-refractivity contribution in [1.82, 2.24) is 9.97 Å². The van der Waals surface area contributed by atoms with Gasteiger partial charge in [-0.25, -0.2) is 9.97 Å². The summed E-state index contributed by atoms with van der Waals surface area (Å²) in [5.41, 5.74) is 0. The third-order valence-electron chi connectivity index (χ3n) is 3.75. The number of halogens is 2. The number of fused-ring (bicyclic) bond motifs is 2. The Balaban J connectivity index is 1.93. The van der Waals surface area contributed by atoms with Crippen molar-refractivity contribution in [2.45, 2.75) is 31.6 Å². The average Bonchev–Trinajstić information content (AvgIpc) is 2.76. The zero-order chi connectivity index (χ0) is 10.4. The molecule has 15 heavy (non-hydrogen) atoms. The van der Waals surface area contributed by atoms with Crippen LogP contribution in [0.5, 0.6) is 0 Å². The zero-order valence-electron chi connectivity index (χ0n) is 8.29. The van der Waals surface area contributed by atoms with Crippen LogP contribution < -0.4 is 0 Å². The van der Waals surface area contributed by atoms with Crippen molar-refractivity contribution in [3.05, 3.63) is 21.1 Å². The molecular weight excluding hydrogens is 320 g/mol. The van der Waals surface area contributed by atoms with Crippen molar-refractivity contribution >= 4 is 31.9 Å². The largest absolute Gasteiger partial charge is 0.226 e. The molecule has 2 aliphatic carbocycles. The van der Waals surface area contributed by atoms with Crippen LogP contribution in [0.25, 0.3) is 0 Å². The van der Waals surface area contributed by atoms with Gasteiger partial charge < -0.3 is 0 Å². The number of rotatable bonds is 1. The van der Waals surface area contributed by atoms with Crippen LogP contribution in [0, 0.1) is 11.8 Å². The molecular formula is C11H12Br2N2. The molecule has 4 heteroatoms. The second-order valence-corrected chi connectivity index (χ2v) is 6.28. The quantitative estimate of drug-likeness (QED) is 0.729. The lowest BCUT2D eigenvalue weighted by Crippen LogP contribution is -2.12. The molecule has 1 heterocycles. The predicted molar refractivity (Wildman–Crippen MR) is 65.6 cm³/mol. The van der Waals surface area contributed by atoms with Gasteiger partial charge in [0, 0.05) is 12.0 Å². The first-order valence-corrected chi connectivity index (χ1v) is 7.01. The number of aromatic nitrogens is 2. The van der Waals surface area contributed by atoms with E-state index in [4.69, 9.17) is 0 Å². The lowest BCUT2D eigenvalue weighted by molar-refractivity contribution is 0.404. The van der Waals surface area contributed by atoms with Gasteiger partial charge in [0.25, 0.3) is 0 Å². The maximum atomic E-state index is 4.51. The second kappa shape index (κ2) is 3.81. The summed E-state index contributed by atoms with van der Waals surface area (Å²) < 4.78 is 1.78. The van der Waals surface area contributed by atoms with Gasteiger partial charge >= 0.3 is 0 Å². The number of hydrogen-bond donors (Lipinski definition) is 0. The monoisotopic (exact) mass is 330 g/mol. The van der Waals surface area contributed by atoms with Crippen LogP contribution in [-0.2, 0) is 0 Å². The highest BCUT2D eigenvalue weighted by Crippen LogP contribution is 2.52. The van der Waals surface area contributed by atoms with Crippen LogP contribution in [0.1, 0.15) is 37.4 Å². The molecule has 0 radical (unpaired) electrons. The van der Waals surface area contributed by atoms with Crippen molar-refractivity contribution in [1.29, 1.82) is 0 Å². The topological polar surface area (TPSA) is 25.8 Å². The Bertz CT molecular complexity index is 374. The molecule has 0 N–H and O–H groups in total. The fourth-order valence-corrected chi connectivity index (χ4v) is 4.24. The Labute approximate surface area is 106 Å². The third-order valence-corrected chi connectivity index (χ3v) is 4.56. The normalized spacial score (nSPS) is 33.6. The van der Waals surface area contributed by atoms with Crippen LogP contribution in [0.4, 0.5) is 0 Å². The summed E-state index contributed by atoms with van der Waals surface area (Å²) in [5, 5.41) is 0. The van der Waals surface area contributed by atoms with Gasteiger partial charge in [-0.15, -0.1) is 0 Å². The van der Waals surface area contributed by atoms with Crippen LogP contribution in [-0.4, -0.2) is 9.97 Å². The minimum absolute atomic E-state index is 0.609. The lowest BCUT2D eigenvalue weighted by atomic mass is 9.88. The molecule has 3 atom stereocenters. The summed E-state index contributed by atoms with van der Waals surface area (Å²) in [4.78, 5) is 9.02. The molecule has 2 bridgehead atoms. The molecule has 2 saturated carbocycles. The standard InChI is InChI=1S/C11H12Br2N2/c12-9-5-10(13)15-11(14-9)8-4-6-1-2-7(8)3-6/h5-8H,1-4H2. The highest BCUT2D eigenvalue weighted by molar-refractivity contribution is 9.11. The molecule has 1 aromatic heterocycles. The Morgan fingerprint density at radius 3 is 2.33 bits per heavy atom. The summed E-state index contributed by atoms with van der Waals surface area (Å²) in [6.45, 7) is 0. The van der Waals surface area contributed by atoms with E-state index in [-0.39, 0.29) is 0 Å². The van der Waals surface area contributed by atoms with E-state index in [9.17, 15) is 0 Å². The van der Waals surface area contributed by atoms with E-state index >= 15 is 0 Å². The summed E-state index contributed by atoms with van der Waals surface area (Å²) in [6.07, 6.45) is 5.50. The van der Waals surface area contributed by atoms with Crippen molar-refractivity contribution in [3.63, 3.8) is 0 Å². The molecule has 0 aromatic carbocycles. The Hall–Kier alpha value is 0.0400. The van der Waals surface area contributed by atoms with Crippen molar-refractivity contribution < 1.29 is 0 Å². The molecule has 0 spiro atoms. The molecule has 0 aliphatic heterocycles. The molecule has 2 aliphatic rings. The molecule has 1 aromatic rings. The second-order valence-electron chi connectivity index (χ2n) is 4.65. The first-order chi connectivity index (χ1) is 7.22. The molecule has 2 nitrogen and oxygen atoms in total. The highest BCUT2D eigenvalue weighted by Gasteiger charge is 2.41. The average molecular weight is 332 g/mol. The van der Waals surface area contributed by atoms with Gasteiger partial charge in [0.15, 0.2) is 0 Å². The Kier molecular flexibility index (Phi) is 2.59. The summed E-state index contributed by atoms with van der Waals surface area (Å²) in [5.74, 6) is 3.43. The van der Waals surface area contributed by atoms with Crippen LogP contribution in [0.3, 0.4) is 0 Å². The van der Waals surface area contributed by atoms with E-state index in [1.807, 2.05) is 6.07 Å². The summed E-state index contributed by atoms with van der Waals surface area (Å²) >= 11 is 6.86. The molecule has 0 amide bonds. The smallest absolute Gasteiger partial charge is 0.134 e. The van der Waals surface area contributed by atoms with Gasteiger partial charge in [-0.1, -0.05) is 6.42 Å². The summed E-state index contributed by atoms with van der Waals surface area (Å²) in [7, 11) is 0.